The van der Waals surface area contributed by atoms with Crippen LogP contribution < -0.4 is 20.7 Å². The summed E-state index contributed by atoms with van der Waals surface area (Å²) in [5.41, 5.74) is 10.3. The molecular weight excluding hydrogens is 338 g/mol. The maximum atomic E-state index is 12.8. The van der Waals surface area contributed by atoms with Gasteiger partial charge in [0.2, 0.25) is 5.91 Å². The van der Waals surface area contributed by atoms with Crippen LogP contribution in [0.4, 0.5) is 11.4 Å². The van der Waals surface area contributed by atoms with Gasteiger partial charge in [-0.05, 0) is 54.2 Å². The van der Waals surface area contributed by atoms with E-state index in [1.54, 1.807) is 7.11 Å². The number of carbonyl (C=O) groups is 1. The summed E-state index contributed by atoms with van der Waals surface area (Å²) in [6.45, 7) is 5.45. The Morgan fingerprint density at radius 2 is 1.96 bits per heavy atom. The van der Waals surface area contributed by atoms with Gasteiger partial charge in [-0.15, -0.1) is 0 Å². The topological polar surface area (TPSA) is 67.6 Å². The van der Waals surface area contributed by atoms with Crippen molar-refractivity contribution in [1.82, 2.24) is 5.32 Å². The molecule has 0 radical (unpaired) electrons. The highest BCUT2D eigenvalue weighted by Gasteiger charge is 2.23. The molecule has 5 nitrogen and oxygen atoms in total. The highest BCUT2D eigenvalue weighted by atomic mass is 16.5. The van der Waals surface area contributed by atoms with Gasteiger partial charge in [-0.3, -0.25) is 4.79 Å². The molecule has 1 heterocycles. The molecule has 2 aromatic rings. The van der Waals surface area contributed by atoms with Crippen LogP contribution in [0.1, 0.15) is 37.4 Å². The van der Waals surface area contributed by atoms with Gasteiger partial charge in [0.1, 0.15) is 5.75 Å². The molecule has 2 aromatic carbocycles. The summed E-state index contributed by atoms with van der Waals surface area (Å²) in [7, 11) is 1.65. The van der Waals surface area contributed by atoms with E-state index in [0.717, 1.165) is 47.6 Å². The van der Waals surface area contributed by atoms with E-state index < -0.39 is 0 Å². The average molecular weight is 367 g/mol. The van der Waals surface area contributed by atoms with Gasteiger partial charge < -0.3 is 20.7 Å². The van der Waals surface area contributed by atoms with E-state index in [9.17, 15) is 4.79 Å². The second-order valence-corrected chi connectivity index (χ2v) is 7.43. The van der Waals surface area contributed by atoms with Gasteiger partial charge >= 0.3 is 0 Å². The van der Waals surface area contributed by atoms with Crippen LogP contribution in [-0.2, 0) is 11.2 Å². The monoisotopic (exact) mass is 367 g/mol. The summed E-state index contributed by atoms with van der Waals surface area (Å²) in [6, 6.07) is 13.8. The molecule has 0 spiro atoms. The van der Waals surface area contributed by atoms with Crippen LogP contribution in [0.2, 0.25) is 0 Å². The Kier molecular flexibility index (Phi) is 5.89. The number of amides is 1. The number of fused-ring (bicyclic) bond motifs is 1. The molecule has 0 aliphatic carbocycles. The number of nitrogens with zero attached hydrogens (tertiary/aromatic N) is 1. The molecular formula is C22H29N3O2. The summed E-state index contributed by atoms with van der Waals surface area (Å²) >= 11 is 0. The minimum atomic E-state index is -0.0338. The van der Waals surface area contributed by atoms with Crippen LogP contribution >= 0.6 is 0 Å². The minimum Gasteiger partial charge on any atom is -0.497 e. The quantitative estimate of drug-likeness (QED) is 0.766. The fraction of sp³-hybridized carbons (Fsp3) is 0.409. The molecule has 0 saturated heterocycles. The van der Waals surface area contributed by atoms with E-state index in [4.69, 9.17) is 10.5 Å². The van der Waals surface area contributed by atoms with Gasteiger partial charge in [0.25, 0.3) is 0 Å². The molecule has 0 aromatic heterocycles. The molecule has 3 rings (SSSR count). The fourth-order valence-electron chi connectivity index (χ4n) is 3.73. The maximum Gasteiger partial charge on any atom is 0.240 e. The molecule has 0 saturated carbocycles. The van der Waals surface area contributed by atoms with E-state index in [1.165, 1.54) is 0 Å². The SMILES string of the molecule is COc1ccc(C(NC(=O)CN2CCCc3c(N)cccc32)C(C)C)cc1. The third kappa shape index (κ3) is 4.35. The van der Waals surface area contributed by atoms with Crippen molar-refractivity contribution in [1.29, 1.82) is 0 Å². The van der Waals surface area contributed by atoms with Crippen molar-refractivity contribution in [2.24, 2.45) is 5.92 Å². The first kappa shape index (κ1) is 19.1. The van der Waals surface area contributed by atoms with E-state index in [0.29, 0.717) is 6.54 Å². The van der Waals surface area contributed by atoms with Crippen molar-refractivity contribution in [3.63, 3.8) is 0 Å². The van der Waals surface area contributed by atoms with E-state index >= 15 is 0 Å². The van der Waals surface area contributed by atoms with Crippen molar-refractivity contribution in [3.05, 3.63) is 53.6 Å². The number of nitrogens with one attached hydrogen (secondary N) is 1. The van der Waals surface area contributed by atoms with Gasteiger partial charge in [0.15, 0.2) is 0 Å². The zero-order chi connectivity index (χ0) is 19.4. The predicted molar refractivity (Wildman–Crippen MR) is 110 cm³/mol. The van der Waals surface area contributed by atoms with Crippen LogP contribution in [0.25, 0.3) is 0 Å². The molecule has 1 atom stereocenters. The van der Waals surface area contributed by atoms with Crippen LogP contribution in [0.15, 0.2) is 42.5 Å². The van der Waals surface area contributed by atoms with Gasteiger partial charge in [-0.2, -0.15) is 0 Å². The van der Waals surface area contributed by atoms with Crippen molar-refractivity contribution < 1.29 is 9.53 Å². The van der Waals surface area contributed by atoms with E-state index in [2.05, 4.69) is 30.1 Å². The van der Waals surface area contributed by atoms with Gasteiger partial charge in [0, 0.05) is 17.9 Å². The average Bonchev–Trinajstić information content (AvgIpc) is 2.67. The number of rotatable bonds is 6. The van der Waals surface area contributed by atoms with Crippen molar-refractivity contribution in [2.75, 3.05) is 30.8 Å². The summed E-state index contributed by atoms with van der Waals surface area (Å²) in [6.07, 6.45) is 1.99. The molecule has 144 valence electrons. The lowest BCUT2D eigenvalue weighted by molar-refractivity contribution is -0.120. The number of anilines is 2. The Labute approximate surface area is 161 Å². The predicted octanol–water partition coefficient (Wildman–Crippen LogP) is 3.54. The molecule has 3 N–H and O–H groups in total. The molecule has 27 heavy (non-hydrogen) atoms. The summed E-state index contributed by atoms with van der Waals surface area (Å²) in [4.78, 5) is 14.9. The molecule has 1 aliphatic rings. The van der Waals surface area contributed by atoms with Crippen LogP contribution in [0.5, 0.6) is 5.75 Å². The van der Waals surface area contributed by atoms with Crippen LogP contribution in [-0.4, -0.2) is 26.1 Å². The van der Waals surface area contributed by atoms with E-state index in [1.807, 2.05) is 36.4 Å². The van der Waals surface area contributed by atoms with Gasteiger partial charge in [0.05, 0.1) is 19.7 Å². The first-order valence-electron chi connectivity index (χ1n) is 9.55. The van der Waals surface area contributed by atoms with Crippen LogP contribution in [0, 0.1) is 5.92 Å². The maximum absolute atomic E-state index is 12.8. The Hall–Kier alpha value is -2.69. The largest absolute Gasteiger partial charge is 0.497 e. The van der Waals surface area contributed by atoms with Crippen molar-refractivity contribution >= 4 is 17.3 Å². The smallest absolute Gasteiger partial charge is 0.240 e. The number of ether oxygens (including phenoxy) is 1. The second kappa shape index (κ2) is 8.33. The number of carbonyl (C=O) groups excluding carboxylic acids is 1. The lowest BCUT2D eigenvalue weighted by Gasteiger charge is -2.32. The molecule has 1 unspecified atom stereocenters. The third-order valence-electron chi connectivity index (χ3n) is 5.18. The Morgan fingerprint density at radius 1 is 1.22 bits per heavy atom. The lowest BCUT2D eigenvalue weighted by Crippen LogP contribution is -2.42. The molecule has 0 fully saturated rings. The fourth-order valence-corrected chi connectivity index (χ4v) is 3.73. The number of nitrogen functional groups attached to an aromatic ring is 1. The molecule has 1 aliphatic heterocycles. The van der Waals surface area contributed by atoms with Gasteiger partial charge in [-0.25, -0.2) is 0 Å². The minimum absolute atomic E-state index is 0.0276. The Morgan fingerprint density at radius 3 is 2.63 bits per heavy atom. The highest BCUT2D eigenvalue weighted by molar-refractivity contribution is 5.83. The standard InChI is InChI=1S/C22H29N3O2/c1-15(2)22(16-9-11-17(27-3)12-10-16)24-21(26)14-25-13-5-6-18-19(23)7-4-8-20(18)25/h4,7-12,15,22H,5-6,13-14,23H2,1-3H3,(H,24,26). The highest BCUT2D eigenvalue weighted by Crippen LogP contribution is 2.31. The summed E-state index contributed by atoms with van der Waals surface area (Å²) < 4.78 is 5.23. The third-order valence-corrected chi connectivity index (χ3v) is 5.18. The number of hydrogen-bond acceptors (Lipinski definition) is 4. The first-order valence-corrected chi connectivity index (χ1v) is 9.55. The number of nitrogens with two attached hydrogens (primary N) is 1. The number of methoxy groups -OCH3 is 1. The Bertz CT molecular complexity index is 787. The lowest BCUT2D eigenvalue weighted by atomic mass is 9.95. The number of benzene rings is 2. The Balaban J connectivity index is 1.71. The molecule has 0 bridgehead atoms. The van der Waals surface area contributed by atoms with Crippen molar-refractivity contribution in [3.8, 4) is 5.75 Å². The zero-order valence-electron chi connectivity index (χ0n) is 16.4. The normalized spacial score (nSPS) is 14.6. The van der Waals surface area contributed by atoms with Crippen LogP contribution in [0.3, 0.4) is 0 Å². The summed E-state index contributed by atoms with van der Waals surface area (Å²) in [5.74, 6) is 1.13. The van der Waals surface area contributed by atoms with Crippen molar-refractivity contribution in [2.45, 2.75) is 32.7 Å². The second-order valence-electron chi connectivity index (χ2n) is 7.43. The number of hydrogen-bond donors (Lipinski definition) is 2. The van der Waals surface area contributed by atoms with E-state index in [-0.39, 0.29) is 17.9 Å². The molecule has 1 amide bonds. The molecule has 5 heteroatoms. The zero-order valence-corrected chi connectivity index (χ0v) is 16.4. The van der Waals surface area contributed by atoms with Gasteiger partial charge in [-0.1, -0.05) is 32.0 Å². The first-order chi connectivity index (χ1) is 13.0. The summed E-state index contributed by atoms with van der Waals surface area (Å²) in [5, 5.41) is 3.21.